The Bertz CT molecular complexity index is 1810. The van der Waals surface area contributed by atoms with Crippen molar-refractivity contribution in [1.29, 1.82) is 0 Å². The zero-order valence-corrected chi connectivity index (χ0v) is 31.2. The molecule has 5 aromatic rings. The number of aliphatic hydroxyl groups excluding tert-OH is 1. The molecular weight excluding hydrogens is 798 g/mol. The number of nitrogens with zero attached hydrogens (tertiary/aromatic N) is 2. The summed E-state index contributed by atoms with van der Waals surface area (Å²) in [5.74, 6) is 1.63. The van der Waals surface area contributed by atoms with Gasteiger partial charge in [0.15, 0.2) is 5.78 Å². The maximum Gasteiger partial charge on any atom is 0.419 e. The summed E-state index contributed by atoms with van der Waals surface area (Å²) >= 11 is 1.46. The van der Waals surface area contributed by atoms with Crippen LogP contribution in [0.15, 0.2) is 72.8 Å². The van der Waals surface area contributed by atoms with Crippen LogP contribution in [0.3, 0.4) is 0 Å². The fourth-order valence-corrected chi connectivity index (χ4v) is 7.59. The third kappa shape index (κ3) is 8.67. The average Bonchev–Trinajstić information content (AvgIpc) is 3.38. The number of allylic oxidation sites excluding steroid dienone is 2. The first-order chi connectivity index (χ1) is 21.6. The monoisotopic (exact) mass is 840 g/mol. The number of hydrogen-bond acceptors (Lipinski definition) is 5. The summed E-state index contributed by atoms with van der Waals surface area (Å²) in [6.07, 6.45) is -1.84. The SMILES string of the molecule is CC(C)C(C(=O)/C=C(\O)C(C(C)C)C(C)C)C(C)C.FC(F)(F)c1c2ccccc2cc2c(-c3[c-]c4ccccc4s3)ncnc12.[Ir]. The van der Waals surface area contributed by atoms with Gasteiger partial charge in [-0.1, -0.05) is 97.9 Å². The number of rotatable bonds is 8. The minimum Gasteiger partial charge on any atom is -0.512 e. The zero-order chi connectivity index (χ0) is 33.9. The van der Waals surface area contributed by atoms with E-state index >= 15 is 0 Å². The maximum atomic E-state index is 13.9. The minimum atomic E-state index is -4.52. The number of carbonyl (C=O) groups is 1. The van der Waals surface area contributed by atoms with Crippen LogP contribution in [0.4, 0.5) is 13.2 Å². The van der Waals surface area contributed by atoms with Gasteiger partial charge in [-0.2, -0.15) is 13.2 Å². The first-order valence-electron chi connectivity index (χ1n) is 15.7. The van der Waals surface area contributed by atoms with Crippen molar-refractivity contribution < 1.29 is 43.2 Å². The molecule has 4 nitrogen and oxygen atoms in total. The molecule has 0 aliphatic carbocycles. The normalized spacial score (nSPS) is 12.6. The van der Waals surface area contributed by atoms with E-state index in [-0.39, 0.29) is 54.4 Å². The van der Waals surface area contributed by atoms with Crippen LogP contribution in [-0.4, -0.2) is 20.9 Å². The number of benzene rings is 3. The number of hydrogen-bond donors (Lipinski definition) is 1. The first-order valence-corrected chi connectivity index (χ1v) is 16.5. The first kappa shape index (κ1) is 38.3. The largest absolute Gasteiger partial charge is 0.512 e. The Morgan fingerprint density at radius 1 is 0.830 bits per heavy atom. The quantitative estimate of drug-likeness (QED) is 0.0732. The number of carbonyl (C=O) groups excluding carboxylic acids is 1. The van der Waals surface area contributed by atoms with Crippen LogP contribution in [0.2, 0.25) is 0 Å². The second-order valence-corrected chi connectivity index (χ2v) is 14.2. The van der Waals surface area contributed by atoms with E-state index in [1.54, 1.807) is 24.3 Å². The Balaban J connectivity index is 0.000000269. The number of aliphatic hydroxyl groups is 1. The fraction of sp³-hybridized carbons (Fsp3) is 0.395. The van der Waals surface area contributed by atoms with Crippen LogP contribution in [0.1, 0.15) is 61.0 Å². The molecule has 0 spiro atoms. The van der Waals surface area contributed by atoms with Crippen molar-refractivity contribution >= 4 is 48.9 Å². The molecule has 0 amide bonds. The van der Waals surface area contributed by atoms with Crippen LogP contribution in [0.5, 0.6) is 0 Å². The molecule has 0 fully saturated rings. The van der Waals surface area contributed by atoms with E-state index in [2.05, 4.69) is 71.4 Å². The zero-order valence-electron chi connectivity index (χ0n) is 27.9. The predicted octanol–water partition coefficient (Wildman–Crippen LogP) is 11.3. The van der Waals surface area contributed by atoms with E-state index in [0.29, 0.717) is 45.0 Å². The summed E-state index contributed by atoms with van der Waals surface area (Å²) in [6.45, 7) is 16.6. The molecule has 0 saturated heterocycles. The molecular formula is C38H42F3IrN2O2S-. The van der Waals surface area contributed by atoms with Crippen LogP contribution in [-0.2, 0) is 31.1 Å². The molecule has 0 unspecified atom stereocenters. The van der Waals surface area contributed by atoms with Crippen molar-refractivity contribution in [2.75, 3.05) is 0 Å². The maximum absolute atomic E-state index is 13.9. The van der Waals surface area contributed by atoms with Crippen LogP contribution in [0.25, 0.3) is 42.3 Å². The van der Waals surface area contributed by atoms with E-state index < -0.39 is 11.7 Å². The Labute approximate surface area is 292 Å². The smallest absolute Gasteiger partial charge is 0.419 e. The summed E-state index contributed by atoms with van der Waals surface area (Å²) in [7, 11) is 0. The molecule has 0 saturated carbocycles. The van der Waals surface area contributed by atoms with Gasteiger partial charge in [-0.15, -0.1) is 23.6 Å². The van der Waals surface area contributed by atoms with E-state index in [9.17, 15) is 23.1 Å². The van der Waals surface area contributed by atoms with E-state index in [1.807, 2.05) is 24.3 Å². The Hall–Kier alpha value is -3.13. The Kier molecular flexibility index (Phi) is 12.9. The van der Waals surface area contributed by atoms with Crippen molar-refractivity contribution in [2.24, 2.45) is 35.5 Å². The van der Waals surface area contributed by atoms with Crippen molar-refractivity contribution in [2.45, 2.75) is 61.6 Å². The predicted molar refractivity (Wildman–Crippen MR) is 184 cm³/mol. The topological polar surface area (TPSA) is 63.1 Å². The van der Waals surface area contributed by atoms with Gasteiger partial charge in [0, 0.05) is 43.7 Å². The molecule has 9 heteroatoms. The molecule has 0 aliphatic heterocycles. The van der Waals surface area contributed by atoms with Crippen molar-refractivity contribution in [1.82, 2.24) is 9.97 Å². The molecule has 0 bridgehead atoms. The number of aromatic nitrogens is 2. The number of halogens is 3. The van der Waals surface area contributed by atoms with Gasteiger partial charge in [-0.05, 0) is 49.4 Å². The number of ketones is 1. The van der Waals surface area contributed by atoms with Crippen LogP contribution < -0.4 is 0 Å². The summed E-state index contributed by atoms with van der Waals surface area (Å²) < 4.78 is 42.7. The molecule has 1 N–H and O–H groups in total. The minimum absolute atomic E-state index is 0. The molecule has 253 valence electrons. The van der Waals surface area contributed by atoms with E-state index in [4.69, 9.17) is 0 Å². The molecule has 2 aromatic heterocycles. The second-order valence-electron chi connectivity index (χ2n) is 13.1. The van der Waals surface area contributed by atoms with Gasteiger partial charge in [0.05, 0.1) is 16.8 Å². The standard InChI is InChI=1S/C21H10F3N2S.C17H32O2.Ir/c22-21(23,24)18-14-7-3-1-5-12(14)9-15-19(25-11-26-20(15)18)17-10-13-6-2-4-8-16(13)27-17;1-10(2)16(11(3)4)14(18)9-15(19)17(12(5)6)13(7)8;/h1-9,11H;9-13,16-18H,1-8H3;/q-1;;/b;14-9-;. The molecule has 0 aliphatic rings. The van der Waals surface area contributed by atoms with Gasteiger partial charge in [0.2, 0.25) is 0 Å². The molecule has 1 radical (unpaired) electrons. The van der Waals surface area contributed by atoms with Crippen molar-refractivity contribution in [3.05, 3.63) is 84.4 Å². The Morgan fingerprint density at radius 3 is 1.98 bits per heavy atom. The molecule has 0 atom stereocenters. The van der Waals surface area contributed by atoms with Crippen LogP contribution >= 0.6 is 11.3 Å². The molecule has 5 rings (SSSR count). The second kappa shape index (κ2) is 15.8. The summed E-state index contributed by atoms with van der Waals surface area (Å²) in [5, 5.41) is 12.2. The van der Waals surface area contributed by atoms with Crippen molar-refractivity contribution in [3.63, 3.8) is 0 Å². The number of alkyl halides is 3. The number of thiophene rings is 1. The number of fused-ring (bicyclic) bond motifs is 3. The summed E-state index contributed by atoms with van der Waals surface area (Å²) in [5.41, 5.74) is -0.338. The van der Waals surface area contributed by atoms with Gasteiger partial charge in [-0.3, -0.25) is 9.78 Å². The van der Waals surface area contributed by atoms with Gasteiger partial charge < -0.3 is 5.11 Å². The average molecular weight is 840 g/mol. The third-order valence-electron chi connectivity index (χ3n) is 8.33. The summed E-state index contributed by atoms with van der Waals surface area (Å²) in [6, 6.07) is 19.2. The molecule has 3 aromatic carbocycles. The Morgan fingerprint density at radius 2 is 1.40 bits per heavy atom. The molecule has 2 heterocycles. The van der Waals surface area contributed by atoms with E-state index in [0.717, 1.165) is 10.1 Å². The fourth-order valence-electron chi connectivity index (χ4n) is 6.58. The van der Waals surface area contributed by atoms with E-state index in [1.165, 1.54) is 29.8 Å². The molecule has 47 heavy (non-hydrogen) atoms. The van der Waals surface area contributed by atoms with Gasteiger partial charge >= 0.3 is 6.18 Å². The van der Waals surface area contributed by atoms with Gasteiger partial charge in [-0.25, -0.2) is 16.3 Å². The summed E-state index contributed by atoms with van der Waals surface area (Å²) in [4.78, 5) is 21.4. The van der Waals surface area contributed by atoms with Gasteiger partial charge in [0.25, 0.3) is 0 Å². The van der Waals surface area contributed by atoms with Crippen LogP contribution in [0, 0.1) is 41.6 Å². The van der Waals surface area contributed by atoms with Gasteiger partial charge in [0.1, 0.15) is 6.33 Å². The third-order valence-corrected chi connectivity index (χ3v) is 9.41. The van der Waals surface area contributed by atoms with Crippen molar-refractivity contribution in [3.8, 4) is 10.6 Å².